The molecule has 0 amide bonds. The van der Waals surface area contributed by atoms with Gasteiger partial charge in [-0.25, -0.2) is 0 Å². The molecular weight excluding hydrogens is 158 g/mol. The maximum absolute atomic E-state index is 3.72. The van der Waals surface area contributed by atoms with Gasteiger partial charge >= 0.3 is 0 Å². The maximum Gasteiger partial charge on any atom is 0.00929 e. The molecule has 1 heterocycles. The van der Waals surface area contributed by atoms with Crippen LogP contribution in [0, 0.1) is 17.8 Å². The SMILES string of the molecule is CC(C)C1C[C@@H]2CCCC[C@@H]2CN1. The molecule has 0 bridgehead atoms. The molecule has 0 aromatic heterocycles. The highest BCUT2D eigenvalue weighted by molar-refractivity contribution is 4.87. The van der Waals surface area contributed by atoms with Crippen LogP contribution in [0.5, 0.6) is 0 Å². The van der Waals surface area contributed by atoms with Gasteiger partial charge in [-0.2, -0.15) is 0 Å². The molecule has 1 saturated heterocycles. The summed E-state index contributed by atoms with van der Waals surface area (Å²) in [5.74, 6) is 2.90. The van der Waals surface area contributed by atoms with E-state index in [1.165, 1.54) is 38.6 Å². The van der Waals surface area contributed by atoms with Crippen LogP contribution in [0.15, 0.2) is 0 Å². The number of nitrogens with one attached hydrogen (secondary N) is 1. The van der Waals surface area contributed by atoms with Gasteiger partial charge in [-0.1, -0.05) is 33.1 Å². The fourth-order valence-corrected chi connectivity index (χ4v) is 3.08. The van der Waals surface area contributed by atoms with Crippen molar-refractivity contribution in [3.63, 3.8) is 0 Å². The van der Waals surface area contributed by atoms with Gasteiger partial charge in [0.25, 0.3) is 0 Å². The molecular formula is C12H23N. The van der Waals surface area contributed by atoms with E-state index in [1.807, 2.05) is 0 Å². The van der Waals surface area contributed by atoms with Crippen molar-refractivity contribution in [3.05, 3.63) is 0 Å². The van der Waals surface area contributed by atoms with Crippen LogP contribution in [-0.2, 0) is 0 Å². The van der Waals surface area contributed by atoms with E-state index in [4.69, 9.17) is 0 Å². The Morgan fingerprint density at radius 2 is 1.77 bits per heavy atom. The van der Waals surface area contributed by atoms with Crippen molar-refractivity contribution >= 4 is 0 Å². The molecule has 0 aromatic carbocycles. The van der Waals surface area contributed by atoms with E-state index in [0.29, 0.717) is 0 Å². The Kier molecular flexibility index (Phi) is 2.92. The second-order valence-electron chi connectivity index (χ2n) is 5.30. The third kappa shape index (κ3) is 2.07. The van der Waals surface area contributed by atoms with Gasteiger partial charge in [-0.15, -0.1) is 0 Å². The molecule has 1 unspecified atom stereocenters. The lowest BCUT2D eigenvalue weighted by Crippen LogP contribution is -2.47. The molecule has 2 fully saturated rings. The summed E-state index contributed by atoms with van der Waals surface area (Å²) in [4.78, 5) is 0. The zero-order valence-electron chi connectivity index (χ0n) is 9.05. The first-order valence-electron chi connectivity index (χ1n) is 6.00. The Balaban J connectivity index is 1.91. The highest BCUT2D eigenvalue weighted by Crippen LogP contribution is 2.36. The van der Waals surface area contributed by atoms with Crippen molar-refractivity contribution in [1.82, 2.24) is 5.32 Å². The highest BCUT2D eigenvalue weighted by atomic mass is 14.9. The fraction of sp³-hybridized carbons (Fsp3) is 1.00. The van der Waals surface area contributed by atoms with Crippen LogP contribution < -0.4 is 5.32 Å². The highest BCUT2D eigenvalue weighted by Gasteiger charge is 2.32. The van der Waals surface area contributed by atoms with Crippen LogP contribution in [0.2, 0.25) is 0 Å². The number of piperidine rings is 1. The van der Waals surface area contributed by atoms with Crippen LogP contribution >= 0.6 is 0 Å². The zero-order chi connectivity index (χ0) is 9.26. The topological polar surface area (TPSA) is 12.0 Å². The molecule has 76 valence electrons. The average Bonchev–Trinajstić information content (AvgIpc) is 2.17. The quantitative estimate of drug-likeness (QED) is 0.656. The first-order chi connectivity index (χ1) is 6.27. The molecule has 1 aliphatic carbocycles. The van der Waals surface area contributed by atoms with E-state index in [-0.39, 0.29) is 0 Å². The molecule has 1 heteroatoms. The second-order valence-corrected chi connectivity index (χ2v) is 5.30. The van der Waals surface area contributed by atoms with Crippen molar-refractivity contribution in [1.29, 1.82) is 0 Å². The van der Waals surface area contributed by atoms with Crippen LogP contribution in [0.1, 0.15) is 46.0 Å². The number of hydrogen-bond acceptors (Lipinski definition) is 1. The smallest absolute Gasteiger partial charge is 0.00929 e. The van der Waals surface area contributed by atoms with Crippen molar-refractivity contribution < 1.29 is 0 Å². The number of rotatable bonds is 1. The van der Waals surface area contributed by atoms with Gasteiger partial charge in [-0.05, 0) is 37.1 Å². The van der Waals surface area contributed by atoms with E-state index >= 15 is 0 Å². The van der Waals surface area contributed by atoms with Gasteiger partial charge in [-0.3, -0.25) is 0 Å². The Labute approximate surface area is 82.3 Å². The predicted octanol–water partition coefficient (Wildman–Crippen LogP) is 2.81. The lowest BCUT2D eigenvalue weighted by atomic mass is 9.72. The first-order valence-corrected chi connectivity index (χ1v) is 6.00. The standard InChI is InChI=1S/C12H23N/c1-9(2)12-7-10-5-3-4-6-11(10)8-13-12/h9-13H,3-8H2,1-2H3/t10-,11+,12?/m0/s1. The lowest BCUT2D eigenvalue weighted by molar-refractivity contribution is 0.136. The molecule has 2 aliphatic rings. The minimum absolute atomic E-state index is 0.805. The van der Waals surface area contributed by atoms with E-state index in [2.05, 4.69) is 19.2 Å². The molecule has 0 radical (unpaired) electrons. The Bertz CT molecular complexity index is 165. The fourth-order valence-electron chi connectivity index (χ4n) is 3.08. The molecule has 3 atom stereocenters. The zero-order valence-corrected chi connectivity index (χ0v) is 9.05. The maximum atomic E-state index is 3.72. The Morgan fingerprint density at radius 3 is 2.46 bits per heavy atom. The largest absolute Gasteiger partial charge is 0.313 e. The van der Waals surface area contributed by atoms with E-state index in [9.17, 15) is 0 Å². The second kappa shape index (κ2) is 4.00. The number of fused-ring (bicyclic) bond motifs is 1. The minimum atomic E-state index is 0.805. The summed E-state index contributed by atoms with van der Waals surface area (Å²) in [5, 5.41) is 3.72. The summed E-state index contributed by atoms with van der Waals surface area (Å²) in [6, 6.07) is 0.805. The minimum Gasteiger partial charge on any atom is -0.313 e. The summed E-state index contributed by atoms with van der Waals surface area (Å²) in [7, 11) is 0. The molecule has 1 N–H and O–H groups in total. The van der Waals surface area contributed by atoms with Gasteiger partial charge < -0.3 is 5.32 Å². The molecule has 13 heavy (non-hydrogen) atoms. The molecule has 0 spiro atoms. The molecule has 1 saturated carbocycles. The third-order valence-corrected chi connectivity index (χ3v) is 4.07. The Morgan fingerprint density at radius 1 is 1.08 bits per heavy atom. The van der Waals surface area contributed by atoms with Crippen molar-refractivity contribution in [3.8, 4) is 0 Å². The van der Waals surface area contributed by atoms with E-state index < -0.39 is 0 Å². The predicted molar refractivity (Wildman–Crippen MR) is 56.7 cm³/mol. The normalized spacial score (nSPS) is 40.4. The molecule has 1 nitrogen and oxygen atoms in total. The van der Waals surface area contributed by atoms with E-state index in [1.54, 1.807) is 0 Å². The van der Waals surface area contributed by atoms with Crippen molar-refractivity contribution in [2.24, 2.45) is 17.8 Å². The summed E-state index contributed by atoms with van der Waals surface area (Å²) >= 11 is 0. The lowest BCUT2D eigenvalue weighted by Gasteiger charge is -2.41. The summed E-state index contributed by atoms with van der Waals surface area (Å²) in [6.45, 7) is 6.00. The van der Waals surface area contributed by atoms with Gasteiger partial charge in [0, 0.05) is 6.04 Å². The van der Waals surface area contributed by atoms with Crippen molar-refractivity contribution in [2.75, 3.05) is 6.54 Å². The van der Waals surface area contributed by atoms with E-state index in [0.717, 1.165) is 23.8 Å². The molecule has 0 aromatic rings. The van der Waals surface area contributed by atoms with Crippen LogP contribution in [0.3, 0.4) is 0 Å². The molecule has 2 rings (SSSR count). The first kappa shape index (κ1) is 9.51. The van der Waals surface area contributed by atoms with Gasteiger partial charge in [0.15, 0.2) is 0 Å². The van der Waals surface area contributed by atoms with Crippen LogP contribution in [0.4, 0.5) is 0 Å². The van der Waals surface area contributed by atoms with Crippen LogP contribution in [0.25, 0.3) is 0 Å². The molecule has 1 aliphatic heterocycles. The van der Waals surface area contributed by atoms with Gasteiger partial charge in [0.2, 0.25) is 0 Å². The average molecular weight is 181 g/mol. The van der Waals surface area contributed by atoms with Crippen molar-refractivity contribution in [2.45, 2.75) is 52.0 Å². The van der Waals surface area contributed by atoms with Gasteiger partial charge in [0.1, 0.15) is 0 Å². The summed E-state index contributed by atoms with van der Waals surface area (Å²) < 4.78 is 0. The Hall–Kier alpha value is -0.0400. The van der Waals surface area contributed by atoms with Crippen LogP contribution in [-0.4, -0.2) is 12.6 Å². The third-order valence-electron chi connectivity index (χ3n) is 4.07. The monoisotopic (exact) mass is 181 g/mol. The van der Waals surface area contributed by atoms with Gasteiger partial charge in [0.05, 0.1) is 0 Å². The summed E-state index contributed by atoms with van der Waals surface area (Å²) in [5.41, 5.74) is 0. The summed E-state index contributed by atoms with van der Waals surface area (Å²) in [6.07, 6.45) is 7.42. The number of hydrogen-bond donors (Lipinski definition) is 1.